The van der Waals surface area contributed by atoms with Gasteiger partial charge in [0.25, 0.3) is 11.8 Å². The molecule has 0 unspecified atom stereocenters. The summed E-state index contributed by atoms with van der Waals surface area (Å²) in [4.78, 5) is 46.1. The molecule has 1 aliphatic carbocycles. The zero-order valence-electron chi connectivity index (χ0n) is 17.6. The lowest BCUT2D eigenvalue weighted by molar-refractivity contribution is 0.0670. The number of carbonyl (C=O) groups excluding carboxylic acids is 3. The second kappa shape index (κ2) is 10.3. The van der Waals surface area contributed by atoms with E-state index in [0.29, 0.717) is 12.5 Å². The first-order chi connectivity index (χ1) is 16.1. The number of benzene rings is 2. The number of rotatable bonds is 7. The Morgan fingerprint density at radius 1 is 0.818 bits per heavy atom. The van der Waals surface area contributed by atoms with Crippen molar-refractivity contribution in [1.82, 2.24) is 15.3 Å². The summed E-state index contributed by atoms with van der Waals surface area (Å²) in [5.41, 5.74) is 0.331. The number of allylic oxidation sites excluding steroid dienone is 2. The molecule has 1 aromatic heterocycles. The number of hydrogen-bond acceptors (Lipinski definition) is 7. The first kappa shape index (κ1) is 21.9. The number of esters is 2. The summed E-state index contributed by atoms with van der Waals surface area (Å²) in [6.07, 6.45) is 6.96. The lowest BCUT2D eigenvalue weighted by Gasteiger charge is -2.14. The Morgan fingerprint density at radius 2 is 1.39 bits per heavy atom. The predicted octanol–water partition coefficient (Wildman–Crippen LogP) is 3.61. The van der Waals surface area contributed by atoms with Crippen molar-refractivity contribution < 1.29 is 23.9 Å². The molecule has 3 aromatic rings. The van der Waals surface area contributed by atoms with Crippen molar-refractivity contribution in [2.45, 2.75) is 12.8 Å². The zero-order chi connectivity index (χ0) is 23.0. The van der Waals surface area contributed by atoms with Crippen LogP contribution in [0.5, 0.6) is 11.6 Å². The number of ether oxygens (including phenoxy) is 2. The predicted molar refractivity (Wildman–Crippen MR) is 119 cm³/mol. The van der Waals surface area contributed by atoms with Crippen LogP contribution < -0.4 is 14.8 Å². The van der Waals surface area contributed by atoms with Crippen molar-refractivity contribution in [3.05, 3.63) is 96.0 Å². The Balaban J connectivity index is 1.61. The zero-order valence-corrected chi connectivity index (χ0v) is 17.6. The van der Waals surface area contributed by atoms with Crippen LogP contribution in [0, 0.1) is 5.92 Å². The standard InChI is InChI=1S/C25H21N3O5/c29-22(26-15-17-9-7-8-10-17)20-21(32-24(30)18-11-3-1-4-12-18)23(28-16-27-20)33-25(31)19-13-5-2-6-14-19/h1-8,11-14,16-17H,9-10,15H2,(H,26,29). The van der Waals surface area contributed by atoms with E-state index in [1.54, 1.807) is 60.7 Å². The second-order valence-electron chi connectivity index (χ2n) is 7.39. The summed E-state index contributed by atoms with van der Waals surface area (Å²) in [6.45, 7) is 0.432. The monoisotopic (exact) mass is 443 g/mol. The van der Waals surface area contributed by atoms with Gasteiger partial charge in [0, 0.05) is 6.54 Å². The minimum atomic E-state index is -0.739. The second-order valence-corrected chi connectivity index (χ2v) is 7.39. The van der Waals surface area contributed by atoms with Gasteiger partial charge in [0.1, 0.15) is 6.33 Å². The third-order valence-electron chi connectivity index (χ3n) is 5.05. The maximum Gasteiger partial charge on any atom is 0.344 e. The van der Waals surface area contributed by atoms with Crippen LogP contribution in [0.1, 0.15) is 44.0 Å². The van der Waals surface area contributed by atoms with Crippen LogP contribution in [-0.2, 0) is 0 Å². The van der Waals surface area contributed by atoms with Crippen LogP contribution in [-0.4, -0.2) is 34.4 Å². The summed E-state index contributed by atoms with van der Waals surface area (Å²) >= 11 is 0. The van der Waals surface area contributed by atoms with Crippen LogP contribution in [0.3, 0.4) is 0 Å². The van der Waals surface area contributed by atoms with E-state index < -0.39 is 17.8 Å². The van der Waals surface area contributed by atoms with E-state index in [-0.39, 0.29) is 28.5 Å². The number of nitrogens with zero attached hydrogens (tertiary/aromatic N) is 2. The normalized spacial score (nSPS) is 12.8. The average molecular weight is 443 g/mol. The summed E-state index contributed by atoms with van der Waals surface area (Å²) in [7, 11) is 0. The van der Waals surface area contributed by atoms with Crippen LogP contribution >= 0.6 is 0 Å². The van der Waals surface area contributed by atoms with Crippen LogP contribution in [0.4, 0.5) is 0 Å². The Bertz CT molecular complexity index is 1170. The van der Waals surface area contributed by atoms with Crippen molar-refractivity contribution in [1.29, 1.82) is 0 Å². The molecule has 0 bridgehead atoms. The highest BCUT2D eigenvalue weighted by molar-refractivity contribution is 5.99. The van der Waals surface area contributed by atoms with Gasteiger partial charge in [-0.1, -0.05) is 48.6 Å². The number of amides is 1. The van der Waals surface area contributed by atoms with Gasteiger partial charge in [-0.2, -0.15) is 4.98 Å². The van der Waals surface area contributed by atoms with Gasteiger partial charge in [-0.15, -0.1) is 0 Å². The minimum Gasteiger partial charge on any atom is -0.415 e. The average Bonchev–Trinajstić information content (AvgIpc) is 3.38. The fraction of sp³-hybridized carbons (Fsp3) is 0.160. The van der Waals surface area contributed by atoms with Gasteiger partial charge in [-0.25, -0.2) is 14.6 Å². The molecule has 8 heteroatoms. The number of hydrogen-bond donors (Lipinski definition) is 1. The van der Waals surface area contributed by atoms with Crippen LogP contribution in [0.15, 0.2) is 79.1 Å². The Labute approximate surface area is 190 Å². The third kappa shape index (κ3) is 5.48. The van der Waals surface area contributed by atoms with Crippen molar-refractivity contribution in [2.24, 2.45) is 5.92 Å². The van der Waals surface area contributed by atoms with Crippen molar-refractivity contribution in [3.63, 3.8) is 0 Å². The molecule has 1 amide bonds. The van der Waals surface area contributed by atoms with Crippen molar-refractivity contribution >= 4 is 17.8 Å². The molecule has 33 heavy (non-hydrogen) atoms. The first-order valence-electron chi connectivity index (χ1n) is 10.4. The van der Waals surface area contributed by atoms with Crippen LogP contribution in [0.2, 0.25) is 0 Å². The molecule has 0 atom stereocenters. The lowest BCUT2D eigenvalue weighted by Crippen LogP contribution is -2.30. The number of aromatic nitrogens is 2. The van der Waals surface area contributed by atoms with E-state index in [0.717, 1.165) is 19.2 Å². The van der Waals surface area contributed by atoms with Gasteiger partial charge in [-0.3, -0.25) is 4.79 Å². The summed E-state index contributed by atoms with van der Waals surface area (Å²) in [5.74, 6) is -2.36. The quantitative estimate of drug-likeness (QED) is 0.439. The van der Waals surface area contributed by atoms with E-state index in [4.69, 9.17) is 9.47 Å². The minimum absolute atomic E-state index is 0.198. The Morgan fingerprint density at radius 3 is 2.00 bits per heavy atom. The van der Waals surface area contributed by atoms with Crippen molar-refractivity contribution in [2.75, 3.05) is 6.54 Å². The molecule has 1 aliphatic rings. The molecular formula is C25H21N3O5. The molecule has 0 saturated carbocycles. The Hall–Kier alpha value is -4.33. The fourth-order valence-electron chi connectivity index (χ4n) is 3.29. The van der Waals surface area contributed by atoms with Crippen molar-refractivity contribution in [3.8, 4) is 11.6 Å². The van der Waals surface area contributed by atoms with E-state index in [1.807, 2.05) is 0 Å². The van der Waals surface area contributed by atoms with Gasteiger partial charge in [-0.05, 0) is 43.0 Å². The third-order valence-corrected chi connectivity index (χ3v) is 5.05. The van der Waals surface area contributed by atoms with Gasteiger partial charge in [0.2, 0.25) is 5.75 Å². The highest BCUT2D eigenvalue weighted by atomic mass is 16.6. The molecule has 0 saturated heterocycles. The largest absolute Gasteiger partial charge is 0.415 e. The van der Waals surface area contributed by atoms with E-state index in [2.05, 4.69) is 27.4 Å². The molecule has 166 valence electrons. The van der Waals surface area contributed by atoms with E-state index in [9.17, 15) is 14.4 Å². The summed E-state index contributed by atoms with van der Waals surface area (Å²) in [5, 5.41) is 2.81. The first-order valence-corrected chi connectivity index (χ1v) is 10.4. The molecular weight excluding hydrogens is 422 g/mol. The highest BCUT2D eigenvalue weighted by Crippen LogP contribution is 2.29. The maximum absolute atomic E-state index is 12.9. The summed E-state index contributed by atoms with van der Waals surface area (Å²) in [6, 6.07) is 16.5. The SMILES string of the molecule is O=C(Oc1ncnc(C(=O)NCC2CC=CC2)c1OC(=O)c1ccccc1)c1ccccc1. The van der Waals surface area contributed by atoms with Crippen LogP contribution in [0.25, 0.3) is 0 Å². The lowest BCUT2D eigenvalue weighted by atomic mass is 10.1. The van der Waals surface area contributed by atoms with Gasteiger partial charge >= 0.3 is 11.9 Å². The molecule has 0 aliphatic heterocycles. The number of carbonyl (C=O) groups is 3. The fourth-order valence-corrected chi connectivity index (χ4v) is 3.29. The summed E-state index contributed by atoms with van der Waals surface area (Å²) < 4.78 is 10.9. The molecule has 4 rings (SSSR count). The highest BCUT2D eigenvalue weighted by Gasteiger charge is 2.26. The molecule has 1 heterocycles. The Kier molecular flexibility index (Phi) is 6.84. The van der Waals surface area contributed by atoms with Gasteiger partial charge < -0.3 is 14.8 Å². The molecule has 8 nitrogen and oxygen atoms in total. The number of nitrogens with one attached hydrogen (secondary N) is 1. The molecule has 1 N–H and O–H groups in total. The van der Waals surface area contributed by atoms with Gasteiger partial charge in [0.05, 0.1) is 11.1 Å². The topological polar surface area (TPSA) is 107 Å². The molecule has 0 fully saturated rings. The molecule has 2 aromatic carbocycles. The maximum atomic E-state index is 12.9. The molecule has 0 spiro atoms. The van der Waals surface area contributed by atoms with Gasteiger partial charge in [0.15, 0.2) is 5.69 Å². The smallest absolute Gasteiger partial charge is 0.344 e. The van der Waals surface area contributed by atoms with E-state index >= 15 is 0 Å². The van der Waals surface area contributed by atoms with E-state index in [1.165, 1.54) is 0 Å². The molecule has 0 radical (unpaired) electrons.